The first-order valence-electron chi connectivity index (χ1n) is 8.37. The zero-order valence-corrected chi connectivity index (χ0v) is 14.1. The van der Waals surface area contributed by atoms with Gasteiger partial charge >= 0.3 is 0 Å². The molecule has 0 saturated carbocycles. The van der Waals surface area contributed by atoms with Crippen LogP contribution in [0.3, 0.4) is 0 Å². The van der Waals surface area contributed by atoms with Gasteiger partial charge < -0.3 is 0 Å². The molecule has 1 saturated heterocycles. The number of nitrogens with zero attached hydrogens (tertiary/aromatic N) is 2. The minimum atomic E-state index is -0.199. The lowest BCUT2D eigenvalue weighted by atomic mass is 9.21. The molecule has 0 aromatic heterocycles. The predicted octanol–water partition coefficient (Wildman–Crippen LogP) is 3.48. The van der Waals surface area contributed by atoms with E-state index in [9.17, 15) is 9.59 Å². The van der Waals surface area contributed by atoms with Crippen molar-refractivity contribution in [3.05, 3.63) is 0 Å². The number of rotatable bonds is 10. The highest BCUT2D eigenvalue weighted by atomic mass is 16.2. The van der Waals surface area contributed by atoms with Crippen molar-refractivity contribution >= 4 is 25.4 Å². The van der Waals surface area contributed by atoms with Crippen LogP contribution in [0.25, 0.3) is 0 Å². The van der Waals surface area contributed by atoms with Crippen LogP contribution in [0.5, 0.6) is 0 Å². The minimum absolute atomic E-state index is 0.0211. The fraction of sp³-hybridized carbons (Fsp3) is 0.867. The molecule has 0 bridgehead atoms. The summed E-state index contributed by atoms with van der Waals surface area (Å²) in [6.45, 7) is 3.91. The standard InChI is InChI=1S/C15H29B2N2O2/c1-5-6-7-8-9-10-11-12-17-15(21)19(14(20)16-17)13(2)18(3)4/h13H,5-12H2,1-4H3. The van der Waals surface area contributed by atoms with Crippen molar-refractivity contribution in [2.75, 3.05) is 14.1 Å². The van der Waals surface area contributed by atoms with Crippen LogP contribution in [-0.2, 0) is 0 Å². The Morgan fingerprint density at radius 1 is 1.10 bits per heavy atom. The Morgan fingerprint density at radius 3 is 2.24 bits per heavy atom. The van der Waals surface area contributed by atoms with E-state index in [1.165, 1.54) is 43.4 Å². The lowest BCUT2D eigenvalue weighted by molar-refractivity contribution is 0.149. The third-order valence-corrected chi connectivity index (χ3v) is 4.38. The maximum absolute atomic E-state index is 12.3. The van der Waals surface area contributed by atoms with Crippen LogP contribution in [0, 0.1) is 0 Å². The molecule has 1 fully saturated rings. The van der Waals surface area contributed by atoms with Gasteiger partial charge in [-0.3, -0.25) is 19.4 Å². The Kier molecular flexibility index (Phi) is 8.09. The van der Waals surface area contributed by atoms with Crippen LogP contribution in [0.2, 0.25) is 6.32 Å². The van der Waals surface area contributed by atoms with E-state index >= 15 is 0 Å². The summed E-state index contributed by atoms with van der Waals surface area (Å²) in [5.41, 5.74) is 0. The molecule has 1 heterocycles. The zero-order chi connectivity index (χ0) is 15.8. The van der Waals surface area contributed by atoms with Crippen molar-refractivity contribution in [3.8, 4) is 0 Å². The van der Waals surface area contributed by atoms with Crippen molar-refractivity contribution in [3.63, 3.8) is 0 Å². The highest BCUT2D eigenvalue weighted by Gasteiger charge is 2.43. The monoisotopic (exact) mass is 291 g/mol. The maximum Gasteiger partial charge on any atom is 0.225 e. The predicted molar refractivity (Wildman–Crippen MR) is 90.1 cm³/mol. The van der Waals surface area contributed by atoms with E-state index in [0.717, 1.165) is 12.7 Å². The first kappa shape index (κ1) is 18.3. The van der Waals surface area contributed by atoms with Crippen molar-refractivity contribution in [2.24, 2.45) is 0 Å². The van der Waals surface area contributed by atoms with E-state index in [1.807, 2.05) is 25.9 Å². The average Bonchev–Trinajstić information content (AvgIpc) is 2.71. The van der Waals surface area contributed by atoms with Crippen LogP contribution in [-0.4, -0.2) is 55.4 Å². The second kappa shape index (κ2) is 9.29. The first-order chi connectivity index (χ1) is 9.99. The van der Waals surface area contributed by atoms with Gasteiger partial charge in [-0.05, 0) is 21.0 Å². The molecule has 0 spiro atoms. The molecule has 1 unspecified atom stereocenters. The topological polar surface area (TPSA) is 40.6 Å². The van der Waals surface area contributed by atoms with Gasteiger partial charge in [0.2, 0.25) is 13.8 Å². The molecule has 117 valence electrons. The van der Waals surface area contributed by atoms with Crippen LogP contribution >= 0.6 is 0 Å². The summed E-state index contributed by atoms with van der Waals surface area (Å²) in [5, 5.41) is 0. The quantitative estimate of drug-likeness (QED) is 0.457. The highest BCUT2D eigenvalue weighted by Crippen LogP contribution is 2.18. The highest BCUT2D eigenvalue weighted by molar-refractivity contribution is 7.39. The second-order valence-corrected chi connectivity index (χ2v) is 6.33. The molecule has 1 atom stereocenters. The molecule has 6 heteroatoms. The Labute approximate surface area is 130 Å². The summed E-state index contributed by atoms with van der Waals surface area (Å²) in [6, 6.07) is 0. The normalized spacial score (nSPS) is 16.8. The molecule has 0 aromatic carbocycles. The Hall–Kier alpha value is -0.770. The Morgan fingerprint density at radius 2 is 1.67 bits per heavy atom. The van der Waals surface area contributed by atoms with E-state index in [4.69, 9.17) is 0 Å². The maximum atomic E-state index is 12.3. The van der Waals surface area contributed by atoms with Crippen LogP contribution < -0.4 is 0 Å². The number of imide groups is 1. The minimum Gasteiger partial charge on any atom is -0.289 e. The van der Waals surface area contributed by atoms with E-state index in [-0.39, 0.29) is 24.4 Å². The first-order valence-corrected chi connectivity index (χ1v) is 8.37. The van der Waals surface area contributed by atoms with Gasteiger partial charge in [-0.15, -0.1) is 0 Å². The molecule has 1 aliphatic heterocycles. The van der Waals surface area contributed by atoms with Crippen molar-refractivity contribution < 1.29 is 9.59 Å². The smallest absolute Gasteiger partial charge is 0.225 e. The third-order valence-electron chi connectivity index (χ3n) is 4.38. The number of carbonyl (C=O) groups is 2. The molecule has 0 aromatic rings. The Bertz CT molecular complexity index is 351. The molecular formula is C15H29B2N2O2. The third kappa shape index (κ3) is 5.50. The van der Waals surface area contributed by atoms with Crippen LogP contribution in [0.15, 0.2) is 0 Å². The zero-order valence-electron chi connectivity index (χ0n) is 14.1. The van der Waals surface area contributed by atoms with Crippen molar-refractivity contribution in [1.82, 2.24) is 9.80 Å². The SMILES string of the molecule is CCCCCCCCCB1[B]C(=O)N(C(C)N(C)C)C1=O. The fourth-order valence-electron chi connectivity index (χ4n) is 2.74. The van der Waals surface area contributed by atoms with Gasteiger partial charge in [-0.25, -0.2) is 0 Å². The lowest BCUT2D eigenvalue weighted by Crippen LogP contribution is -2.46. The second-order valence-electron chi connectivity index (χ2n) is 6.33. The summed E-state index contributed by atoms with van der Waals surface area (Å²) < 4.78 is 0. The van der Waals surface area contributed by atoms with Gasteiger partial charge in [0.1, 0.15) is 0 Å². The van der Waals surface area contributed by atoms with E-state index < -0.39 is 0 Å². The number of carbonyl (C=O) groups excluding carboxylic acids is 2. The van der Waals surface area contributed by atoms with E-state index in [1.54, 1.807) is 7.17 Å². The molecule has 0 aliphatic carbocycles. The molecule has 1 rings (SSSR count). The number of unbranched alkanes of at least 4 members (excludes halogenated alkanes) is 6. The fourth-order valence-corrected chi connectivity index (χ4v) is 2.74. The molecule has 1 aliphatic rings. The largest absolute Gasteiger partial charge is 0.289 e. The van der Waals surface area contributed by atoms with Gasteiger partial charge in [0.05, 0.1) is 6.17 Å². The van der Waals surface area contributed by atoms with Crippen molar-refractivity contribution in [1.29, 1.82) is 0 Å². The number of amides is 2. The van der Waals surface area contributed by atoms with Gasteiger partial charge in [-0.2, -0.15) is 0 Å². The molecule has 2 amide bonds. The van der Waals surface area contributed by atoms with Crippen LogP contribution in [0.1, 0.15) is 58.8 Å². The summed E-state index contributed by atoms with van der Waals surface area (Å²) >= 11 is 0. The summed E-state index contributed by atoms with van der Waals surface area (Å²) in [7, 11) is 5.38. The van der Waals surface area contributed by atoms with Gasteiger partial charge in [-0.1, -0.05) is 58.2 Å². The molecule has 21 heavy (non-hydrogen) atoms. The summed E-state index contributed by atoms with van der Waals surface area (Å²) in [6.07, 6.45) is 9.29. The van der Waals surface area contributed by atoms with Crippen molar-refractivity contribution in [2.45, 2.75) is 71.3 Å². The van der Waals surface area contributed by atoms with E-state index in [0.29, 0.717) is 0 Å². The average molecular weight is 291 g/mol. The summed E-state index contributed by atoms with van der Waals surface area (Å²) in [4.78, 5) is 27.6. The van der Waals surface area contributed by atoms with Crippen LogP contribution in [0.4, 0.5) is 9.59 Å². The molecule has 1 radical (unpaired) electrons. The number of hydrogen-bond acceptors (Lipinski definition) is 3. The molecular weight excluding hydrogens is 262 g/mol. The van der Waals surface area contributed by atoms with Gasteiger partial charge in [0.15, 0.2) is 11.6 Å². The van der Waals surface area contributed by atoms with Gasteiger partial charge in [0, 0.05) is 0 Å². The molecule has 0 N–H and O–H groups in total. The lowest BCUT2D eigenvalue weighted by Gasteiger charge is -2.29. The number of hydrogen-bond donors (Lipinski definition) is 0. The molecule has 4 nitrogen and oxygen atoms in total. The van der Waals surface area contributed by atoms with Gasteiger partial charge in [0.25, 0.3) is 0 Å². The Balaban J connectivity index is 2.28. The summed E-state index contributed by atoms with van der Waals surface area (Å²) in [5.74, 6) is -0.152. The van der Waals surface area contributed by atoms with E-state index in [2.05, 4.69) is 6.92 Å².